The number of thiocarbonyl (C=S) groups is 1. The molecule has 3 aromatic carbocycles. The quantitative estimate of drug-likeness (QED) is 0.193. The monoisotopic (exact) mass is 536 g/mol. The van der Waals surface area contributed by atoms with Crippen molar-refractivity contribution in [1.82, 2.24) is 9.88 Å². The van der Waals surface area contributed by atoms with Crippen molar-refractivity contribution in [2.24, 2.45) is 0 Å². The number of benzene rings is 3. The zero-order valence-corrected chi connectivity index (χ0v) is 22.7. The first-order valence-corrected chi connectivity index (χ1v) is 13.1. The molecule has 3 amide bonds. The smallest absolute Gasteiger partial charge is 0.270 e. The lowest BCUT2D eigenvalue weighted by Gasteiger charge is -2.29. The number of rotatable bonds is 6. The summed E-state index contributed by atoms with van der Waals surface area (Å²) in [5, 5.41) is 6.41. The van der Waals surface area contributed by atoms with Crippen molar-refractivity contribution in [1.29, 1.82) is 0 Å². The Morgan fingerprint density at radius 3 is 2.38 bits per heavy atom. The van der Waals surface area contributed by atoms with Crippen LogP contribution in [0.1, 0.15) is 36.5 Å². The van der Waals surface area contributed by atoms with Gasteiger partial charge in [-0.15, -0.1) is 0 Å². The lowest BCUT2D eigenvalue weighted by atomic mass is 10.0. The number of anilines is 2. The number of amides is 3. The van der Waals surface area contributed by atoms with E-state index in [0.717, 1.165) is 22.0 Å². The van der Waals surface area contributed by atoms with Crippen LogP contribution >= 0.6 is 12.2 Å². The van der Waals surface area contributed by atoms with Crippen molar-refractivity contribution in [3.63, 3.8) is 0 Å². The van der Waals surface area contributed by atoms with Crippen LogP contribution in [0.15, 0.2) is 84.6 Å². The molecule has 39 heavy (non-hydrogen) atoms. The average molecular weight is 537 g/mol. The van der Waals surface area contributed by atoms with E-state index in [1.54, 1.807) is 12.3 Å². The molecule has 0 spiro atoms. The highest BCUT2D eigenvalue weighted by molar-refractivity contribution is 7.80. The molecule has 0 bridgehead atoms. The Hall–Kier alpha value is -4.56. The van der Waals surface area contributed by atoms with Gasteiger partial charge in [0.2, 0.25) is 5.91 Å². The number of carbonyl (C=O) groups excluding carboxylic acids is 3. The van der Waals surface area contributed by atoms with E-state index in [-0.39, 0.29) is 23.1 Å². The average Bonchev–Trinajstić information content (AvgIpc) is 3.25. The third kappa shape index (κ3) is 5.37. The van der Waals surface area contributed by atoms with E-state index in [0.29, 0.717) is 22.9 Å². The van der Waals surface area contributed by atoms with E-state index >= 15 is 0 Å². The molecule has 5 rings (SSSR count). The summed E-state index contributed by atoms with van der Waals surface area (Å²) in [6, 6.07) is 22.7. The summed E-state index contributed by atoms with van der Waals surface area (Å²) in [6.07, 6.45) is 3.34. The number of hydrogen-bond acceptors (Lipinski definition) is 4. The first-order chi connectivity index (χ1) is 18.7. The second-order valence-electron chi connectivity index (χ2n) is 9.85. The largest absolute Gasteiger partial charge is 0.337 e. The van der Waals surface area contributed by atoms with Gasteiger partial charge in [0.1, 0.15) is 12.1 Å². The minimum Gasteiger partial charge on any atom is -0.337 e. The van der Waals surface area contributed by atoms with Gasteiger partial charge in [0.15, 0.2) is 5.11 Å². The van der Waals surface area contributed by atoms with Crippen LogP contribution in [0.4, 0.5) is 11.4 Å². The van der Waals surface area contributed by atoms with Gasteiger partial charge in [0.25, 0.3) is 11.8 Å². The summed E-state index contributed by atoms with van der Waals surface area (Å²) >= 11 is 5.35. The molecule has 7 nitrogen and oxygen atoms in total. The van der Waals surface area contributed by atoms with Crippen molar-refractivity contribution in [2.75, 3.05) is 10.2 Å². The Morgan fingerprint density at radius 2 is 1.69 bits per heavy atom. The highest BCUT2D eigenvalue weighted by atomic mass is 32.1. The Kier molecular flexibility index (Phi) is 7.13. The van der Waals surface area contributed by atoms with Crippen molar-refractivity contribution in [3.05, 3.63) is 101 Å². The number of aryl methyl sites for hydroxylation is 1. The van der Waals surface area contributed by atoms with Gasteiger partial charge in [-0.2, -0.15) is 0 Å². The van der Waals surface area contributed by atoms with E-state index in [1.807, 2.05) is 84.3 Å². The Bertz CT molecular complexity index is 1630. The Morgan fingerprint density at radius 1 is 1.00 bits per heavy atom. The van der Waals surface area contributed by atoms with Crippen LogP contribution in [-0.2, 0) is 20.9 Å². The SMILES string of the molecule is Cc1ccc(NC(=O)Cn2cc(/C=C3\C(=O)NC(=S)N(c4ccc(C(C)C)cc4)C3=O)c3ccccc32)cc1. The molecule has 2 heterocycles. The van der Waals surface area contributed by atoms with Crippen molar-refractivity contribution in [3.8, 4) is 0 Å². The molecule has 1 fully saturated rings. The van der Waals surface area contributed by atoms with Crippen molar-refractivity contribution >= 4 is 63.4 Å². The molecule has 0 saturated carbocycles. The molecule has 0 atom stereocenters. The van der Waals surface area contributed by atoms with E-state index in [9.17, 15) is 14.4 Å². The first-order valence-electron chi connectivity index (χ1n) is 12.7. The van der Waals surface area contributed by atoms with Gasteiger partial charge in [-0.3, -0.25) is 24.6 Å². The summed E-state index contributed by atoms with van der Waals surface area (Å²) in [5.74, 6) is -0.912. The van der Waals surface area contributed by atoms with Crippen LogP contribution in [0.3, 0.4) is 0 Å². The van der Waals surface area contributed by atoms with E-state index in [2.05, 4.69) is 24.5 Å². The van der Waals surface area contributed by atoms with Crippen LogP contribution < -0.4 is 15.5 Å². The zero-order valence-electron chi connectivity index (χ0n) is 21.9. The van der Waals surface area contributed by atoms with Crippen molar-refractivity contribution in [2.45, 2.75) is 33.2 Å². The molecule has 0 unspecified atom stereocenters. The van der Waals surface area contributed by atoms with Crippen LogP contribution in [0, 0.1) is 6.92 Å². The standard InChI is InChI=1S/C31H28N4O3S/c1-19(2)21-10-14-24(15-11-21)35-30(38)26(29(37)33-31(35)39)16-22-17-34(27-7-5-4-6-25(22)27)18-28(36)32-23-12-8-20(3)9-13-23/h4-17,19H,18H2,1-3H3,(H,32,36)(H,33,37,39)/b26-16+. The molecule has 0 radical (unpaired) electrons. The van der Waals surface area contributed by atoms with Crippen LogP contribution in [0.2, 0.25) is 0 Å². The number of fused-ring (bicyclic) bond motifs is 1. The number of para-hydroxylation sites is 1. The molecule has 1 saturated heterocycles. The lowest BCUT2D eigenvalue weighted by molar-refractivity contribution is -0.122. The second-order valence-corrected chi connectivity index (χ2v) is 10.2. The first kappa shape index (κ1) is 26.1. The highest BCUT2D eigenvalue weighted by Crippen LogP contribution is 2.28. The third-order valence-corrected chi connectivity index (χ3v) is 6.97. The molecule has 1 aromatic heterocycles. The topological polar surface area (TPSA) is 83.4 Å². The Labute approximate surface area is 232 Å². The molecular formula is C31H28N4O3S. The molecule has 2 N–H and O–H groups in total. The third-order valence-electron chi connectivity index (χ3n) is 6.69. The second kappa shape index (κ2) is 10.7. The number of nitrogens with one attached hydrogen (secondary N) is 2. The highest BCUT2D eigenvalue weighted by Gasteiger charge is 2.34. The van der Waals surface area contributed by atoms with E-state index < -0.39 is 11.8 Å². The molecule has 196 valence electrons. The van der Waals surface area contributed by atoms with E-state index in [1.165, 1.54) is 4.90 Å². The fraction of sp³-hybridized carbons (Fsp3) is 0.161. The normalized spacial score (nSPS) is 14.8. The van der Waals surface area contributed by atoms with Gasteiger partial charge in [-0.1, -0.05) is 61.9 Å². The molecule has 4 aromatic rings. The van der Waals surface area contributed by atoms with Gasteiger partial charge in [0, 0.05) is 28.4 Å². The van der Waals surface area contributed by atoms with Gasteiger partial charge < -0.3 is 9.88 Å². The fourth-order valence-corrected chi connectivity index (χ4v) is 4.85. The molecule has 1 aliphatic heterocycles. The maximum atomic E-state index is 13.6. The molecule has 8 heteroatoms. The van der Waals surface area contributed by atoms with Crippen molar-refractivity contribution < 1.29 is 14.4 Å². The maximum Gasteiger partial charge on any atom is 0.270 e. The number of hydrogen-bond donors (Lipinski definition) is 2. The predicted molar refractivity (Wildman–Crippen MR) is 158 cm³/mol. The Balaban J connectivity index is 1.46. The summed E-state index contributed by atoms with van der Waals surface area (Å²) < 4.78 is 1.81. The number of aromatic nitrogens is 1. The number of carbonyl (C=O) groups is 3. The fourth-order valence-electron chi connectivity index (χ4n) is 4.57. The molecular weight excluding hydrogens is 508 g/mol. The summed E-state index contributed by atoms with van der Waals surface area (Å²) in [4.78, 5) is 40.6. The predicted octanol–water partition coefficient (Wildman–Crippen LogP) is 5.54. The lowest BCUT2D eigenvalue weighted by Crippen LogP contribution is -2.54. The zero-order chi connectivity index (χ0) is 27.7. The van der Waals surface area contributed by atoms with Gasteiger partial charge in [0.05, 0.1) is 5.69 Å². The maximum absolute atomic E-state index is 13.6. The van der Waals surface area contributed by atoms with E-state index in [4.69, 9.17) is 12.2 Å². The van der Waals surface area contributed by atoms with Crippen LogP contribution in [-0.4, -0.2) is 27.4 Å². The summed E-state index contributed by atoms with van der Waals surface area (Å²) in [6.45, 7) is 6.24. The van der Waals surface area contributed by atoms with Gasteiger partial charge >= 0.3 is 0 Å². The van der Waals surface area contributed by atoms with Crippen LogP contribution in [0.25, 0.3) is 17.0 Å². The summed E-state index contributed by atoms with van der Waals surface area (Å²) in [5.41, 5.74) is 4.95. The number of nitrogens with zero attached hydrogens (tertiary/aromatic N) is 2. The minimum atomic E-state index is -0.561. The summed E-state index contributed by atoms with van der Waals surface area (Å²) in [7, 11) is 0. The van der Waals surface area contributed by atoms with Gasteiger partial charge in [-0.25, -0.2) is 0 Å². The van der Waals surface area contributed by atoms with Crippen LogP contribution in [0.5, 0.6) is 0 Å². The minimum absolute atomic E-state index is 0.0367. The van der Waals surface area contributed by atoms with Gasteiger partial charge in [-0.05, 0) is 67.0 Å². The molecule has 0 aliphatic carbocycles. The molecule has 1 aliphatic rings.